The maximum absolute atomic E-state index is 12.6. The van der Waals surface area contributed by atoms with E-state index in [0.717, 1.165) is 5.56 Å². The highest BCUT2D eigenvalue weighted by atomic mass is 16.5. The maximum atomic E-state index is 12.6. The molecule has 1 amide bonds. The molecular formula is C21H20N4O3. The molecule has 0 saturated heterocycles. The highest BCUT2D eigenvalue weighted by Crippen LogP contribution is 2.18. The maximum Gasteiger partial charge on any atom is 0.261 e. The third-order valence-corrected chi connectivity index (χ3v) is 4.08. The van der Waals surface area contributed by atoms with Gasteiger partial charge in [-0.1, -0.05) is 18.2 Å². The van der Waals surface area contributed by atoms with Crippen LogP contribution in [0.3, 0.4) is 0 Å². The van der Waals surface area contributed by atoms with Crippen LogP contribution in [0.15, 0.2) is 59.0 Å². The van der Waals surface area contributed by atoms with Crippen LogP contribution in [0.2, 0.25) is 0 Å². The van der Waals surface area contributed by atoms with Crippen molar-refractivity contribution in [3.63, 3.8) is 0 Å². The summed E-state index contributed by atoms with van der Waals surface area (Å²) in [5.41, 5.74) is 1.36. The Balaban J connectivity index is 1.63. The highest BCUT2D eigenvalue weighted by Gasteiger charge is 2.21. The average molecular weight is 376 g/mol. The summed E-state index contributed by atoms with van der Waals surface area (Å²) >= 11 is 0. The van der Waals surface area contributed by atoms with Crippen molar-refractivity contribution in [3.05, 3.63) is 66.1 Å². The predicted octanol–water partition coefficient (Wildman–Crippen LogP) is 3.42. The van der Waals surface area contributed by atoms with Gasteiger partial charge in [-0.25, -0.2) is 0 Å². The second kappa shape index (κ2) is 8.82. The van der Waals surface area contributed by atoms with Gasteiger partial charge in [-0.15, -0.1) is 10.2 Å². The van der Waals surface area contributed by atoms with Gasteiger partial charge in [-0.3, -0.25) is 4.79 Å². The molecule has 0 unspecified atom stereocenters. The summed E-state index contributed by atoms with van der Waals surface area (Å²) in [6.07, 6.45) is 0. The van der Waals surface area contributed by atoms with Gasteiger partial charge in [-0.2, -0.15) is 5.26 Å². The van der Waals surface area contributed by atoms with Gasteiger partial charge in [0.15, 0.2) is 6.61 Å². The van der Waals surface area contributed by atoms with Crippen molar-refractivity contribution in [2.24, 2.45) is 0 Å². The van der Waals surface area contributed by atoms with Gasteiger partial charge in [0.1, 0.15) is 5.75 Å². The van der Waals surface area contributed by atoms with Gasteiger partial charge < -0.3 is 14.1 Å². The number of nitriles is 1. The largest absolute Gasteiger partial charge is 0.484 e. The number of benzene rings is 2. The Kier molecular flexibility index (Phi) is 6.02. The van der Waals surface area contributed by atoms with Crippen molar-refractivity contribution in [1.82, 2.24) is 15.1 Å². The minimum absolute atomic E-state index is 0.0656. The molecule has 0 fully saturated rings. The van der Waals surface area contributed by atoms with Crippen LogP contribution in [-0.4, -0.2) is 33.7 Å². The summed E-state index contributed by atoms with van der Waals surface area (Å²) in [5.74, 6) is 1.11. The lowest BCUT2D eigenvalue weighted by Crippen LogP contribution is -2.39. The van der Waals surface area contributed by atoms with E-state index >= 15 is 0 Å². The zero-order valence-corrected chi connectivity index (χ0v) is 15.7. The molecule has 1 heterocycles. The van der Waals surface area contributed by atoms with E-state index in [0.29, 0.717) is 23.1 Å². The zero-order chi connectivity index (χ0) is 19.9. The number of amides is 1. The molecule has 28 heavy (non-hydrogen) atoms. The first-order valence-corrected chi connectivity index (χ1v) is 8.87. The molecule has 0 atom stereocenters. The van der Waals surface area contributed by atoms with Gasteiger partial charge in [0, 0.05) is 11.6 Å². The zero-order valence-electron chi connectivity index (χ0n) is 15.7. The standard InChI is InChI=1S/C21H20N4O3/c1-15(2)25(20(26)14-27-18-10-8-16(12-22)9-11-18)13-19-23-24-21(28-19)17-6-4-3-5-7-17/h3-11,15H,13-14H2,1-2H3. The highest BCUT2D eigenvalue weighted by molar-refractivity contribution is 5.78. The van der Waals surface area contributed by atoms with Crippen molar-refractivity contribution < 1.29 is 13.9 Å². The molecule has 0 aliphatic carbocycles. The number of carbonyl (C=O) groups is 1. The Labute approximate surface area is 163 Å². The van der Waals surface area contributed by atoms with E-state index in [1.807, 2.05) is 50.2 Å². The summed E-state index contributed by atoms with van der Waals surface area (Å²) in [5, 5.41) is 16.9. The Hall–Kier alpha value is -3.66. The lowest BCUT2D eigenvalue weighted by atomic mass is 10.2. The molecule has 0 saturated carbocycles. The number of rotatable bonds is 7. The van der Waals surface area contributed by atoms with Gasteiger partial charge >= 0.3 is 0 Å². The van der Waals surface area contributed by atoms with Crippen molar-refractivity contribution in [1.29, 1.82) is 5.26 Å². The summed E-state index contributed by atoms with van der Waals surface area (Å²) in [6.45, 7) is 3.90. The molecular weight excluding hydrogens is 356 g/mol. The quantitative estimate of drug-likeness (QED) is 0.627. The lowest BCUT2D eigenvalue weighted by Gasteiger charge is -2.25. The molecule has 3 aromatic rings. The summed E-state index contributed by atoms with van der Waals surface area (Å²) in [6, 6.07) is 18.0. The van der Waals surface area contributed by atoms with Crippen LogP contribution in [0.4, 0.5) is 0 Å². The number of carbonyl (C=O) groups excluding carboxylic acids is 1. The van der Waals surface area contributed by atoms with Gasteiger partial charge in [-0.05, 0) is 50.2 Å². The Bertz CT molecular complexity index is 959. The summed E-state index contributed by atoms with van der Waals surface area (Å²) < 4.78 is 11.2. The van der Waals surface area contributed by atoms with Crippen LogP contribution in [0.25, 0.3) is 11.5 Å². The molecule has 0 aliphatic heterocycles. The topological polar surface area (TPSA) is 92.2 Å². The molecule has 0 radical (unpaired) electrons. The van der Waals surface area contributed by atoms with Crippen molar-refractivity contribution in [2.45, 2.75) is 26.4 Å². The first-order chi connectivity index (χ1) is 13.6. The van der Waals surface area contributed by atoms with Crippen LogP contribution in [-0.2, 0) is 11.3 Å². The minimum Gasteiger partial charge on any atom is -0.484 e. The third-order valence-electron chi connectivity index (χ3n) is 4.08. The molecule has 1 aromatic heterocycles. The molecule has 0 spiro atoms. The predicted molar refractivity (Wildman–Crippen MR) is 102 cm³/mol. The molecule has 2 aromatic carbocycles. The first kappa shape index (κ1) is 19.1. The van der Waals surface area contributed by atoms with E-state index in [2.05, 4.69) is 10.2 Å². The number of nitrogens with zero attached hydrogens (tertiary/aromatic N) is 4. The summed E-state index contributed by atoms with van der Waals surface area (Å²) in [4.78, 5) is 14.2. The summed E-state index contributed by atoms with van der Waals surface area (Å²) in [7, 11) is 0. The SMILES string of the molecule is CC(C)N(Cc1nnc(-c2ccccc2)o1)C(=O)COc1ccc(C#N)cc1. The van der Waals surface area contributed by atoms with E-state index in [1.165, 1.54) is 0 Å². The Morgan fingerprint density at radius 2 is 1.86 bits per heavy atom. The van der Waals surface area contributed by atoms with Gasteiger partial charge in [0.05, 0.1) is 18.2 Å². The molecule has 0 bridgehead atoms. The number of ether oxygens (including phenoxy) is 1. The van der Waals surface area contributed by atoms with E-state index in [1.54, 1.807) is 29.2 Å². The average Bonchev–Trinajstić information content (AvgIpc) is 3.20. The fraction of sp³-hybridized carbons (Fsp3) is 0.238. The van der Waals surface area contributed by atoms with Crippen LogP contribution in [0.1, 0.15) is 25.3 Å². The van der Waals surface area contributed by atoms with Crippen molar-refractivity contribution >= 4 is 5.91 Å². The Morgan fingerprint density at radius 3 is 2.50 bits per heavy atom. The van der Waals surface area contributed by atoms with Crippen LogP contribution in [0, 0.1) is 11.3 Å². The van der Waals surface area contributed by atoms with Gasteiger partial charge in [0.2, 0.25) is 11.8 Å². The fourth-order valence-electron chi connectivity index (χ4n) is 2.57. The van der Waals surface area contributed by atoms with Crippen molar-refractivity contribution in [2.75, 3.05) is 6.61 Å². The number of hydrogen-bond acceptors (Lipinski definition) is 6. The third kappa shape index (κ3) is 4.74. The first-order valence-electron chi connectivity index (χ1n) is 8.87. The van der Waals surface area contributed by atoms with Crippen LogP contribution in [0.5, 0.6) is 5.75 Å². The normalized spacial score (nSPS) is 10.5. The number of hydrogen-bond donors (Lipinski definition) is 0. The lowest BCUT2D eigenvalue weighted by molar-refractivity contribution is -0.136. The van der Waals surface area contributed by atoms with E-state index in [-0.39, 0.29) is 25.1 Å². The Morgan fingerprint density at radius 1 is 1.14 bits per heavy atom. The monoisotopic (exact) mass is 376 g/mol. The second-order valence-corrected chi connectivity index (χ2v) is 6.41. The van der Waals surface area contributed by atoms with Crippen molar-refractivity contribution in [3.8, 4) is 23.3 Å². The molecule has 142 valence electrons. The molecule has 7 nitrogen and oxygen atoms in total. The van der Waals surface area contributed by atoms with E-state index in [9.17, 15) is 4.79 Å². The van der Waals surface area contributed by atoms with Crippen LogP contribution < -0.4 is 4.74 Å². The van der Waals surface area contributed by atoms with Crippen LogP contribution >= 0.6 is 0 Å². The number of aromatic nitrogens is 2. The molecule has 0 aliphatic rings. The molecule has 7 heteroatoms. The van der Waals surface area contributed by atoms with E-state index < -0.39 is 0 Å². The minimum atomic E-state index is -0.196. The second-order valence-electron chi connectivity index (χ2n) is 6.41. The molecule has 0 N–H and O–H groups in total. The fourth-order valence-corrected chi connectivity index (χ4v) is 2.57. The molecule has 3 rings (SSSR count). The smallest absolute Gasteiger partial charge is 0.261 e. The van der Waals surface area contributed by atoms with E-state index in [4.69, 9.17) is 14.4 Å². The van der Waals surface area contributed by atoms with Gasteiger partial charge in [0.25, 0.3) is 5.91 Å².